The van der Waals surface area contributed by atoms with E-state index in [2.05, 4.69) is 10.4 Å². The van der Waals surface area contributed by atoms with Crippen molar-refractivity contribution in [3.63, 3.8) is 0 Å². The number of carbonyl (C=O) groups excluding carboxylic acids is 1. The fourth-order valence-electron chi connectivity index (χ4n) is 2.40. The van der Waals surface area contributed by atoms with E-state index in [1.165, 1.54) is 4.68 Å². The number of nitrogens with one attached hydrogen (secondary N) is 1. The second-order valence-corrected chi connectivity index (χ2v) is 4.71. The molecule has 1 aliphatic carbocycles. The zero-order valence-corrected chi connectivity index (χ0v) is 10.3. The van der Waals surface area contributed by atoms with Gasteiger partial charge in [-0.15, -0.1) is 0 Å². The molecule has 1 aromatic heterocycles. The van der Waals surface area contributed by atoms with Crippen molar-refractivity contribution in [2.24, 2.45) is 13.0 Å². The van der Waals surface area contributed by atoms with Crippen LogP contribution in [-0.2, 0) is 11.8 Å². The zero-order chi connectivity index (χ0) is 13.1. The molecule has 18 heavy (non-hydrogen) atoms. The van der Waals surface area contributed by atoms with E-state index in [4.69, 9.17) is 5.11 Å². The Hall–Kier alpha value is -1.85. The van der Waals surface area contributed by atoms with Crippen LogP contribution in [0, 0.1) is 5.92 Å². The van der Waals surface area contributed by atoms with E-state index in [9.17, 15) is 9.59 Å². The number of nitrogens with zero attached hydrogens (tertiary/aromatic N) is 2. The predicted octanol–water partition coefficient (Wildman–Crippen LogP) is 0.793. The van der Waals surface area contributed by atoms with Crippen molar-refractivity contribution in [2.45, 2.75) is 31.7 Å². The van der Waals surface area contributed by atoms with E-state index in [-0.39, 0.29) is 17.9 Å². The lowest BCUT2D eigenvalue weighted by atomic mass is 9.86. The van der Waals surface area contributed by atoms with Crippen molar-refractivity contribution in [3.05, 3.63) is 18.0 Å². The molecule has 2 rings (SSSR count). The van der Waals surface area contributed by atoms with Gasteiger partial charge < -0.3 is 10.4 Å². The van der Waals surface area contributed by atoms with Crippen molar-refractivity contribution in [3.8, 4) is 0 Å². The average molecular weight is 251 g/mol. The molecule has 1 amide bonds. The second kappa shape index (κ2) is 5.20. The van der Waals surface area contributed by atoms with E-state index in [1.54, 1.807) is 19.3 Å². The van der Waals surface area contributed by atoms with Crippen LogP contribution in [-0.4, -0.2) is 32.8 Å². The molecule has 1 fully saturated rings. The molecule has 0 aliphatic heterocycles. The quantitative estimate of drug-likeness (QED) is 0.832. The van der Waals surface area contributed by atoms with Crippen molar-refractivity contribution in [1.82, 2.24) is 15.1 Å². The van der Waals surface area contributed by atoms with E-state index >= 15 is 0 Å². The molecular formula is C12H17N3O3. The monoisotopic (exact) mass is 251 g/mol. The van der Waals surface area contributed by atoms with Crippen molar-refractivity contribution < 1.29 is 14.7 Å². The Bertz CT molecular complexity index is 455. The topological polar surface area (TPSA) is 84.2 Å². The van der Waals surface area contributed by atoms with Gasteiger partial charge in [-0.25, -0.2) is 0 Å². The Morgan fingerprint density at radius 1 is 1.50 bits per heavy atom. The van der Waals surface area contributed by atoms with Gasteiger partial charge >= 0.3 is 5.97 Å². The molecule has 98 valence electrons. The largest absolute Gasteiger partial charge is 0.481 e. The number of aryl methyl sites for hydroxylation is 1. The van der Waals surface area contributed by atoms with E-state index in [1.807, 2.05) is 0 Å². The highest BCUT2D eigenvalue weighted by molar-refractivity contribution is 5.92. The fraction of sp³-hybridized carbons (Fsp3) is 0.583. The predicted molar refractivity (Wildman–Crippen MR) is 64.1 cm³/mol. The molecule has 2 N–H and O–H groups in total. The van der Waals surface area contributed by atoms with Gasteiger partial charge in [0, 0.05) is 19.3 Å². The molecule has 0 spiro atoms. The third kappa shape index (κ3) is 2.69. The molecule has 6 nitrogen and oxygen atoms in total. The number of hydrogen-bond acceptors (Lipinski definition) is 3. The summed E-state index contributed by atoms with van der Waals surface area (Å²) in [5.41, 5.74) is 0.493. The molecule has 6 heteroatoms. The number of aliphatic carboxylic acids is 1. The highest BCUT2D eigenvalue weighted by Gasteiger charge is 2.28. The summed E-state index contributed by atoms with van der Waals surface area (Å²) < 4.78 is 1.51. The molecule has 2 unspecified atom stereocenters. The lowest BCUT2D eigenvalue weighted by Crippen LogP contribution is -2.40. The molecule has 1 aliphatic rings. The van der Waals surface area contributed by atoms with Gasteiger partial charge in [0.2, 0.25) is 0 Å². The summed E-state index contributed by atoms with van der Waals surface area (Å²) in [4.78, 5) is 22.9. The third-order valence-electron chi connectivity index (χ3n) is 3.41. The van der Waals surface area contributed by atoms with Gasteiger partial charge in [0.25, 0.3) is 5.91 Å². The zero-order valence-electron chi connectivity index (χ0n) is 10.3. The first kappa shape index (κ1) is 12.6. The summed E-state index contributed by atoms with van der Waals surface area (Å²) in [6, 6.07) is 1.59. The van der Waals surface area contributed by atoms with Crippen LogP contribution in [0.25, 0.3) is 0 Å². The van der Waals surface area contributed by atoms with Crippen LogP contribution in [0.1, 0.15) is 36.2 Å². The van der Waals surface area contributed by atoms with Gasteiger partial charge in [-0.2, -0.15) is 5.10 Å². The van der Waals surface area contributed by atoms with Gasteiger partial charge in [0.15, 0.2) is 0 Å². The summed E-state index contributed by atoms with van der Waals surface area (Å²) >= 11 is 0. The number of amides is 1. The standard InChI is InChI=1S/C12H17N3O3/c1-15-10(5-6-13-15)11(16)14-9-4-2-3-8(7-9)12(17)18/h5-6,8-9H,2-4,7H2,1H3,(H,14,16)(H,17,18). The maximum Gasteiger partial charge on any atom is 0.306 e. The minimum absolute atomic E-state index is 0.0535. The molecule has 0 radical (unpaired) electrons. The van der Waals surface area contributed by atoms with E-state index < -0.39 is 5.97 Å². The Labute approximate surface area is 105 Å². The Morgan fingerprint density at radius 2 is 2.28 bits per heavy atom. The van der Waals surface area contributed by atoms with Crippen LogP contribution < -0.4 is 5.32 Å². The van der Waals surface area contributed by atoms with Crippen LogP contribution in [0.15, 0.2) is 12.3 Å². The second-order valence-electron chi connectivity index (χ2n) is 4.71. The van der Waals surface area contributed by atoms with Crippen molar-refractivity contribution in [2.75, 3.05) is 0 Å². The Morgan fingerprint density at radius 3 is 2.89 bits per heavy atom. The molecule has 0 aromatic carbocycles. The number of rotatable bonds is 3. The van der Waals surface area contributed by atoms with Gasteiger partial charge in [-0.3, -0.25) is 14.3 Å². The fourth-order valence-corrected chi connectivity index (χ4v) is 2.40. The van der Waals surface area contributed by atoms with E-state index in [0.717, 1.165) is 12.8 Å². The summed E-state index contributed by atoms with van der Waals surface area (Å²) in [6.07, 6.45) is 4.46. The number of aromatic nitrogens is 2. The number of carboxylic acid groups (broad SMARTS) is 1. The van der Waals surface area contributed by atoms with Crippen molar-refractivity contribution >= 4 is 11.9 Å². The summed E-state index contributed by atoms with van der Waals surface area (Å²) in [7, 11) is 1.70. The van der Waals surface area contributed by atoms with Gasteiger partial charge in [0.1, 0.15) is 5.69 Å². The smallest absolute Gasteiger partial charge is 0.306 e. The molecule has 0 saturated heterocycles. The van der Waals surface area contributed by atoms with Gasteiger partial charge in [0.05, 0.1) is 5.92 Å². The minimum Gasteiger partial charge on any atom is -0.481 e. The molecule has 1 heterocycles. The summed E-state index contributed by atoms with van der Waals surface area (Å²) in [6.45, 7) is 0. The van der Waals surface area contributed by atoms with E-state index in [0.29, 0.717) is 18.5 Å². The van der Waals surface area contributed by atoms with Crippen LogP contribution in [0.3, 0.4) is 0 Å². The highest BCUT2D eigenvalue weighted by atomic mass is 16.4. The molecule has 2 atom stereocenters. The van der Waals surface area contributed by atoms with Crippen LogP contribution >= 0.6 is 0 Å². The first-order valence-electron chi connectivity index (χ1n) is 6.09. The maximum atomic E-state index is 12.0. The number of carboxylic acids is 1. The first-order chi connectivity index (χ1) is 8.58. The first-order valence-corrected chi connectivity index (χ1v) is 6.09. The van der Waals surface area contributed by atoms with Gasteiger partial charge in [-0.05, 0) is 25.3 Å². The lowest BCUT2D eigenvalue weighted by Gasteiger charge is -2.27. The number of hydrogen-bond donors (Lipinski definition) is 2. The van der Waals surface area contributed by atoms with Crippen molar-refractivity contribution in [1.29, 1.82) is 0 Å². The molecule has 0 bridgehead atoms. The SMILES string of the molecule is Cn1nccc1C(=O)NC1CCCC(C(=O)O)C1. The van der Waals surface area contributed by atoms with Gasteiger partial charge in [-0.1, -0.05) is 6.42 Å². The highest BCUT2D eigenvalue weighted by Crippen LogP contribution is 2.24. The normalized spacial score (nSPS) is 23.6. The molecule has 1 aromatic rings. The third-order valence-corrected chi connectivity index (χ3v) is 3.41. The average Bonchev–Trinajstić information content (AvgIpc) is 2.76. The number of carbonyl (C=O) groups is 2. The Kier molecular flexibility index (Phi) is 3.64. The van der Waals surface area contributed by atoms with Crippen LogP contribution in [0.2, 0.25) is 0 Å². The minimum atomic E-state index is -0.769. The lowest BCUT2D eigenvalue weighted by molar-refractivity contribution is -0.143. The Balaban J connectivity index is 1.95. The summed E-state index contributed by atoms with van der Waals surface area (Å²) in [5.74, 6) is -1.30. The maximum absolute atomic E-state index is 12.0. The molecular weight excluding hydrogens is 234 g/mol. The molecule has 1 saturated carbocycles. The van der Waals surface area contributed by atoms with Crippen LogP contribution in [0.5, 0.6) is 0 Å². The van der Waals surface area contributed by atoms with Crippen LogP contribution in [0.4, 0.5) is 0 Å². The summed E-state index contributed by atoms with van der Waals surface area (Å²) in [5, 5.41) is 15.8.